The third-order valence-electron chi connectivity index (χ3n) is 6.27. The number of carbonyl (C=O) groups is 1. The Hall–Kier alpha value is -1.07. The summed E-state index contributed by atoms with van der Waals surface area (Å²) in [5.41, 5.74) is 2.88. The van der Waals surface area contributed by atoms with Crippen molar-refractivity contribution in [1.29, 1.82) is 0 Å². The topological polar surface area (TPSA) is 52.6 Å². The first-order chi connectivity index (χ1) is 13.1. The number of aliphatic carboxylic acids is 1. The second kappa shape index (κ2) is 12.6. The molecule has 164 valence electrons. The van der Waals surface area contributed by atoms with Gasteiger partial charge in [0.1, 0.15) is 0 Å². The Morgan fingerprint density at radius 1 is 1.17 bits per heavy atom. The molecule has 29 heavy (non-hydrogen) atoms. The van der Waals surface area contributed by atoms with Crippen molar-refractivity contribution in [2.24, 2.45) is 5.92 Å². The summed E-state index contributed by atoms with van der Waals surface area (Å²) in [5, 5.41) is 12.8. The number of nitrogens with zero attached hydrogens (tertiary/aromatic N) is 1. The van der Waals surface area contributed by atoms with Crippen LogP contribution in [0.1, 0.15) is 57.4 Å². The molecule has 0 bridgehead atoms. The van der Waals surface area contributed by atoms with E-state index in [1.165, 1.54) is 37.7 Å². The van der Waals surface area contributed by atoms with Crippen LogP contribution < -0.4 is 5.32 Å². The number of carboxylic acid groups (broad SMARTS) is 1. The largest absolute Gasteiger partial charge is 0.481 e. The maximum Gasteiger partial charge on any atom is 0.304 e. The average molecular weight is 443 g/mol. The van der Waals surface area contributed by atoms with E-state index in [1.807, 2.05) is 0 Å². The predicted molar refractivity (Wildman–Crippen MR) is 125 cm³/mol. The van der Waals surface area contributed by atoms with E-state index in [0.29, 0.717) is 30.6 Å². The predicted octanol–water partition coefficient (Wildman–Crippen LogP) is 5.02. The van der Waals surface area contributed by atoms with E-state index in [0.717, 1.165) is 6.42 Å². The Morgan fingerprint density at radius 3 is 2.41 bits per heavy atom. The van der Waals surface area contributed by atoms with Crippen LogP contribution in [-0.2, 0) is 4.79 Å². The van der Waals surface area contributed by atoms with Crippen LogP contribution in [0.2, 0.25) is 0 Å². The van der Waals surface area contributed by atoms with Gasteiger partial charge in [-0.3, -0.25) is 4.79 Å². The molecule has 2 N–H and O–H groups in total. The normalized spacial score (nSPS) is 26.4. The lowest BCUT2D eigenvalue weighted by Gasteiger charge is -2.35. The molecule has 3 rings (SSSR count). The molecule has 0 amide bonds. The van der Waals surface area contributed by atoms with E-state index >= 15 is 0 Å². The monoisotopic (exact) mass is 442 g/mol. The standard InChI is InChI=1S/C23H34N2O2.2ClH/c1-3-18(15-17-7-5-4-6-8-17)21-16-22(21)24-19-9-11-20(12-10-19)25(2)14-13-23(26)27;;/h4-8,15,19-22,24H,3,9-14,16H2,1-2H3,(H,26,27);2*1H/t19?,20?,21-,22+;;/m0../s1. The minimum absolute atomic E-state index is 0. The molecule has 2 fully saturated rings. The number of rotatable bonds is 9. The second-order valence-corrected chi connectivity index (χ2v) is 8.23. The van der Waals surface area contributed by atoms with Crippen molar-refractivity contribution in [1.82, 2.24) is 10.2 Å². The average Bonchev–Trinajstić information content (AvgIpc) is 3.44. The molecule has 0 saturated heterocycles. The first-order valence-electron chi connectivity index (χ1n) is 10.5. The van der Waals surface area contributed by atoms with Gasteiger partial charge in [-0.1, -0.05) is 48.9 Å². The molecule has 0 aliphatic heterocycles. The lowest BCUT2D eigenvalue weighted by Crippen LogP contribution is -2.42. The smallest absolute Gasteiger partial charge is 0.304 e. The summed E-state index contributed by atoms with van der Waals surface area (Å²) in [6.45, 7) is 2.93. The summed E-state index contributed by atoms with van der Waals surface area (Å²) in [4.78, 5) is 13.0. The highest BCUT2D eigenvalue weighted by Gasteiger charge is 2.40. The van der Waals surface area contributed by atoms with Gasteiger partial charge in [0.2, 0.25) is 0 Å². The van der Waals surface area contributed by atoms with Crippen LogP contribution in [0.4, 0.5) is 0 Å². The van der Waals surface area contributed by atoms with Crippen molar-refractivity contribution in [3.8, 4) is 0 Å². The first kappa shape index (κ1) is 26.0. The van der Waals surface area contributed by atoms with E-state index in [2.05, 4.69) is 60.6 Å². The molecule has 0 aromatic heterocycles. The molecule has 2 atom stereocenters. The van der Waals surface area contributed by atoms with Crippen LogP contribution in [0.5, 0.6) is 0 Å². The number of benzene rings is 1. The van der Waals surface area contributed by atoms with Gasteiger partial charge < -0.3 is 15.3 Å². The van der Waals surface area contributed by atoms with Crippen LogP contribution in [0.3, 0.4) is 0 Å². The van der Waals surface area contributed by atoms with E-state index in [4.69, 9.17) is 5.11 Å². The highest BCUT2D eigenvalue weighted by atomic mass is 35.5. The zero-order valence-corrected chi connectivity index (χ0v) is 19.2. The molecular formula is C23H36Cl2N2O2. The Kier molecular flexibility index (Phi) is 11.3. The second-order valence-electron chi connectivity index (χ2n) is 8.23. The van der Waals surface area contributed by atoms with Gasteiger partial charge in [0.15, 0.2) is 0 Å². The number of halogens is 2. The maximum atomic E-state index is 10.8. The number of nitrogens with one attached hydrogen (secondary N) is 1. The molecule has 0 heterocycles. The molecule has 1 aromatic carbocycles. The molecule has 6 heteroatoms. The van der Waals surface area contributed by atoms with Crippen molar-refractivity contribution >= 4 is 36.9 Å². The lowest BCUT2D eigenvalue weighted by atomic mass is 9.90. The molecule has 0 spiro atoms. The molecule has 1 aromatic rings. The number of carboxylic acids is 1. The van der Waals surface area contributed by atoms with Crippen molar-refractivity contribution in [3.63, 3.8) is 0 Å². The fourth-order valence-corrected chi connectivity index (χ4v) is 4.46. The lowest BCUT2D eigenvalue weighted by molar-refractivity contribution is -0.137. The van der Waals surface area contributed by atoms with Gasteiger partial charge >= 0.3 is 5.97 Å². The summed E-state index contributed by atoms with van der Waals surface area (Å²) >= 11 is 0. The molecule has 2 aliphatic rings. The fraction of sp³-hybridized carbons (Fsp3) is 0.609. The van der Waals surface area contributed by atoms with Crippen LogP contribution >= 0.6 is 24.8 Å². The Morgan fingerprint density at radius 2 is 1.83 bits per heavy atom. The fourth-order valence-electron chi connectivity index (χ4n) is 4.46. The zero-order chi connectivity index (χ0) is 19.2. The van der Waals surface area contributed by atoms with Crippen LogP contribution in [-0.4, -0.2) is 47.7 Å². The minimum Gasteiger partial charge on any atom is -0.481 e. The molecule has 2 aliphatic carbocycles. The molecule has 4 nitrogen and oxygen atoms in total. The number of hydrogen-bond acceptors (Lipinski definition) is 3. The van der Waals surface area contributed by atoms with Gasteiger partial charge in [-0.05, 0) is 57.1 Å². The summed E-state index contributed by atoms with van der Waals surface area (Å²) in [5.74, 6) is -0.00145. The van der Waals surface area contributed by atoms with Crippen molar-refractivity contribution in [2.45, 2.75) is 70.0 Å². The third-order valence-corrected chi connectivity index (χ3v) is 6.27. The van der Waals surface area contributed by atoms with Crippen molar-refractivity contribution in [2.75, 3.05) is 13.6 Å². The summed E-state index contributed by atoms with van der Waals surface area (Å²) in [6, 6.07) is 12.5. The highest BCUT2D eigenvalue weighted by molar-refractivity contribution is 5.85. The molecular weight excluding hydrogens is 407 g/mol. The highest BCUT2D eigenvalue weighted by Crippen LogP contribution is 2.40. The van der Waals surface area contributed by atoms with E-state index in [1.54, 1.807) is 5.57 Å². The SMILES string of the molecule is CCC(=Cc1ccccc1)[C@@H]1C[C@H]1NC1CCC(N(C)CCC(=O)O)CC1.Cl.Cl. The quantitative estimate of drug-likeness (QED) is 0.563. The molecule has 2 saturated carbocycles. The van der Waals surface area contributed by atoms with Crippen LogP contribution in [0.25, 0.3) is 6.08 Å². The molecule has 0 unspecified atom stereocenters. The van der Waals surface area contributed by atoms with Gasteiger partial charge in [0.25, 0.3) is 0 Å². The van der Waals surface area contributed by atoms with Crippen LogP contribution in [0, 0.1) is 5.92 Å². The van der Waals surface area contributed by atoms with Crippen LogP contribution in [0.15, 0.2) is 35.9 Å². The van der Waals surface area contributed by atoms with Gasteiger partial charge in [0.05, 0.1) is 6.42 Å². The Balaban J connectivity index is 0.00000210. The third kappa shape index (κ3) is 7.93. The summed E-state index contributed by atoms with van der Waals surface area (Å²) in [7, 11) is 2.07. The van der Waals surface area contributed by atoms with Crippen molar-refractivity contribution in [3.05, 3.63) is 41.5 Å². The minimum atomic E-state index is -0.702. The van der Waals surface area contributed by atoms with Gasteiger partial charge in [0, 0.05) is 24.7 Å². The van der Waals surface area contributed by atoms with E-state index < -0.39 is 5.97 Å². The zero-order valence-electron chi connectivity index (χ0n) is 17.5. The van der Waals surface area contributed by atoms with Gasteiger partial charge in [-0.2, -0.15) is 0 Å². The Bertz CT molecular complexity index is 646. The van der Waals surface area contributed by atoms with E-state index in [9.17, 15) is 4.79 Å². The maximum absolute atomic E-state index is 10.8. The first-order valence-corrected chi connectivity index (χ1v) is 10.5. The Labute approximate surface area is 188 Å². The van der Waals surface area contributed by atoms with E-state index in [-0.39, 0.29) is 31.2 Å². The number of hydrogen-bond donors (Lipinski definition) is 2. The molecule has 0 radical (unpaired) electrons. The van der Waals surface area contributed by atoms with Gasteiger partial charge in [-0.25, -0.2) is 0 Å². The van der Waals surface area contributed by atoms with Crippen molar-refractivity contribution < 1.29 is 9.90 Å². The summed E-state index contributed by atoms with van der Waals surface area (Å²) in [6.07, 6.45) is 9.76. The summed E-state index contributed by atoms with van der Waals surface area (Å²) < 4.78 is 0. The van der Waals surface area contributed by atoms with Gasteiger partial charge in [-0.15, -0.1) is 24.8 Å².